The molecule has 29 heavy (non-hydrogen) atoms. The van der Waals surface area contributed by atoms with Crippen molar-refractivity contribution in [2.75, 3.05) is 0 Å². The molecule has 2 heterocycles. The first kappa shape index (κ1) is 18.5. The number of nitrogens with two attached hydrogens (primary N) is 1. The summed E-state index contributed by atoms with van der Waals surface area (Å²) in [6, 6.07) is 19.0. The SMILES string of the molecule is N#CC1=C(N)Oc2[nH]c(=S)[nH]c(=O)c2[C@H]1c1ccc(OCc2ccccc2)cc1. The average Bonchev–Trinajstić information content (AvgIpc) is 2.72. The van der Waals surface area contributed by atoms with Crippen LogP contribution < -0.4 is 20.8 Å². The fourth-order valence-corrected chi connectivity index (χ4v) is 3.41. The van der Waals surface area contributed by atoms with E-state index in [2.05, 4.69) is 16.0 Å². The Bertz CT molecular complexity index is 1240. The molecule has 1 atom stereocenters. The van der Waals surface area contributed by atoms with Crippen molar-refractivity contribution in [3.05, 3.63) is 97.9 Å². The molecule has 0 saturated heterocycles. The van der Waals surface area contributed by atoms with Crippen LogP contribution in [0.2, 0.25) is 0 Å². The quantitative estimate of drug-likeness (QED) is 0.575. The zero-order valence-corrected chi connectivity index (χ0v) is 16.0. The summed E-state index contributed by atoms with van der Waals surface area (Å²) >= 11 is 4.99. The molecule has 0 fully saturated rings. The van der Waals surface area contributed by atoms with Gasteiger partial charge in [-0.15, -0.1) is 0 Å². The number of fused-ring (bicyclic) bond motifs is 1. The largest absolute Gasteiger partial charge is 0.489 e. The van der Waals surface area contributed by atoms with Crippen LogP contribution in [-0.4, -0.2) is 9.97 Å². The lowest BCUT2D eigenvalue weighted by atomic mass is 9.85. The van der Waals surface area contributed by atoms with Gasteiger partial charge in [-0.2, -0.15) is 5.26 Å². The van der Waals surface area contributed by atoms with Crippen LogP contribution in [0.3, 0.4) is 0 Å². The number of benzene rings is 2. The molecule has 0 bridgehead atoms. The van der Waals surface area contributed by atoms with Gasteiger partial charge in [-0.3, -0.25) is 9.78 Å². The minimum absolute atomic E-state index is 0.0642. The minimum atomic E-state index is -0.678. The smallest absolute Gasteiger partial charge is 0.259 e. The Balaban J connectivity index is 1.68. The first-order valence-corrected chi connectivity index (χ1v) is 9.18. The van der Waals surface area contributed by atoms with E-state index < -0.39 is 11.5 Å². The Morgan fingerprint density at radius 3 is 2.55 bits per heavy atom. The van der Waals surface area contributed by atoms with Crippen molar-refractivity contribution in [3.8, 4) is 17.7 Å². The number of nitrogens with zero attached hydrogens (tertiary/aromatic N) is 1. The van der Waals surface area contributed by atoms with Crippen LogP contribution in [0.1, 0.15) is 22.6 Å². The van der Waals surface area contributed by atoms with Gasteiger partial charge in [0.2, 0.25) is 11.8 Å². The molecule has 4 rings (SSSR count). The number of H-pyrrole nitrogens is 2. The Hall–Kier alpha value is -3.83. The third-order valence-electron chi connectivity index (χ3n) is 4.58. The van der Waals surface area contributed by atoms with Gasteiger partial charge in [0.15, 0.2) is 4.77 Å². The van der Waals surface area contributed by atoms with E-state index in [4.69, 9.17) is 27.4 Å². The molecule has 8 heteroatoms. The molecule has 0 spiro atoms. The molecule has 7 nitrogen and oxygen atoms in total. The molecule has 0 saturated carbocycles. The maximum absolute atomic E-state index is 12.5. The molecule has 4 N–H and O–H groups in total. The Morgan fingerprint density at radius 2 is 1.86 bits per heavy atom. The lowest BCUT2D eigenvalue weighted by Crippen LogP contribution is -2.28. The van der Waals surface area contributed by atoms with Gasteiger partial charge in [-0.05, 0) is 35.5 Å². The number of nitrogens with one attached hydrogen (secondary N) is 2. The fourth-order valence-electron chi connectivity index (χ4n) is 3.22. The second-order valence-electron chi connectivity index (χ2n) is 6.42. The molecule has 0 unspecified atom stereocenters. The molecule has 144 valence electrons. The predicted octanol–water partition coefficient (Wildman–Crippen LogP) is 3.23. The molecule has 3 aromatic rings. The van der Waals surface area contributed by atoms with Crippen LogP contribution >= 0.6 is 12.2 Å². The molecule has 1 aliphatic heterocycles. The molecule has 0 radical (unpaired) electrons. The lowest BCUT2D eigenvalue weighted by Gasteiger charge is -2.25. The predicted molar refractivity (Wildman–Crippen MR) is 109 cm³/mol. The van der Waals surface area contributed by atoms with Crippen molar-refractivity contribution in [1.82, 2.24) is 9.97 Å². The molecule has 1 aliphatic rings. The van der Waals surface area contributed by atoms with Gasteiger partial charge in [0.1, 0.15) is 24.0 Å². The molecule has 2 aromatic carbocycles. The summed E-state index contributed by atoms with van der Waals surface area (Å²) in [5, 5.41) is 9.59. The molecule has 0 amide bonds. The van der Waals surface area contributed by atoms with Crippen molar-refractivity contribution in [2.24, 2.45) is 5.73 Å². The Morgan fingerprint density at radius 1 is 1.14 bits per heavy atom. The van der Waals surface area contributed by atoms with Crippen molar-refractivity contribution in [1.29, 1.82) is 5.26 Å². The minimum Gasteiger partial charge on any atom is -0.489 e. The summed E-state index contributed by atoms with van der Waals surface area (Å²) < 4.78 is 11.3. The van der Waals surface area contributed by atoms with E-state index in [1.54, 1.807) is 24.3 Å². The number of rotatable bonds is 4. The van der Waals surface area contributed by atoms with E-state index in [0.717, 1.165) is 5.56 Å². The van der Waals surface area contributed by atoms with E-state index in [1.165, 1.54) is 0 Å². The molecule has 0 aliphatic carbocycles. The van der Waals surface area contributed by atoms with Crippen molar-refractivity contribution in [2.45, 2.75) is 12.5 Å². The summed E-state index contributed by atoms with van der Waals surface area (Å²) in [4.78, 5) is 17.9. The van der Waals surface area contributed by atoms with Gasteiger partial charge in [-0.1, -0.05) is 42.5 Å². The third-order valence-corrected chi connectivity index (χ3v) is 4.78. The number of nitriles is 1. The first-order valence-electron chi connectivity index (χ1n) is 8.77. The van der Waals surface area contributed by atoms with Gasteiger partial charge in [-0.25, -0.2) is 0 Å². The van der Waals surface area contributed by atoms with Crippen LogP contribution in [0.25, 0.3) is 0 Å². The highest BCUT2D eigenvalue weighted by Crippen LogP contribution is 2.39. The van der Waals surface area contributed by atoms with E-state index in [0.29, 0.717) is 17.9 Å². The number of aromatic amines is 2. The van der Waals surface area contributed by atoms with E-state index in [-0.39, 0.29) is 27.7 Å². The van der Waals surface area contributed by atoms with Gasteiger partial charge in [0.05, 0.1) is 11.5 Å². The maximum atomic E-state index is 12.5. The maximum Gasteiger partial charge on any atom is 0.259 e. The van der Waals surface area contributed by atoms with Crippen LogP contribution in [0.4, 0.5) is 0 Å². The first-order chi connectivity index (χ1) is 14.1. The van der Waals surface area contributed by atoms with Crippen LogP contribution in [0.5, 0.6) is 11.6 Å². The van der Waals surface area contributed by atoms with Crippen molar-refractivity contribution in [3.63, 3.8) is 0 Å². The molecular formula is C21H16N4O3S. The number of allylic oxidation sites excluding steroid dienone is 1. The lowest BCUT2D eigenvalue weighted by molar-refractivity contribution is 0.306. The number of ether oxygens (including phenoxy) is 2. The zero-order valence-electron chi connectivity index (χ0n) is 15.1. The Labute approximate surface area is 171 Å². The van der Waals surface area contributed by atoms with Crippen LogP contribution in [-0.2, 0) is 6.61 Å². The second kappa shape index (κ2) is 7.66. The number of hydrogen-bond donors (Lipinski definition) is 3. The fraction of sp³-hybridized carbons (Fsp3) is 0.0952. The second-order valence-corrected chi connectivity index (χ2v) is 6.83. The topological polar surface area (TPSA) is 117 Å². The van der Waals surface area contributed by atoms with E-state index in [1.807, 2.05) is 30.3 Å². The van der Waals surface area contributed by atoms with Gasteiger partial charge in [0.25, 0.3) is 5.56 Å². The standard InChI is InChI=1S/C21H16N4O3S/c22-10-15-16(17-19(26)24-21(29)25-20(17)28-18(15)23)13-6-8-14(9-7-13)27-11-12-4-2-1-3-5-12/h1-9,16H,11,23H2,(H2,24,25,26,29)/t16-/m0/s1. The number of aromatic nitrogens is 2. The van der Waals surface area contributed by atoms with E-state index >= 15 is 0 Å². The zero-order chi connectivity index (χ0) is 20.4. The molecular weight excluding hydrogens is 388 g/mol. The van der Waals surface area contributed by atoms with E-state index in [9.17, 15) is 10.1 Å². The van der Waals surface area contributed by atoms with Crippen LogP contribution in [0.15, 0.2) is 70.8 Å². The van der Waals surface area contributed by atoms with Crippen LogP contribution in [0, 0.1) is 16.1 Å². The summed E-state index contributed by atoms with van der Waals surface area (Å²) in [6.07, 6.45) is 0. The third kappa shape index (κ3) is 3.63. The highest BCUT2D eigenvalue weighted by Gasteiger charge is 2.33. The summed E-state index contributed by atoms with van der Waals surface area (Å²) in [5.74, 6) is 0.0690. The van der Waals surface area contributed by atoms with Crippen molar-refractivity contribution >= 4 is 12.2 Å². The van der Waals surface area contributed by atoms with Crippen molar-refractivity contribution < 1.29 is 9.47 Å². The summed E-state index contributed by atoms with van der Waals surface area (Å²) in [7, 11) is 0. The normalized spacial score (nSPS) is 15.2. The average molecular weight is 404 g/mol. The highest BCUT2D eigenvalue weighted by atomic mass is 32.1. The summed E-state index contributed by atoms with van der Waals surface area (Å²) in [6.45, 7) is 0.437. The monoisotopic (exact) mass is 404 g/mol. The molecule has 1 aromatic heterocycles. The highest BCUT2D eigenvalue weighted by molar-refractivity contribution is 7.71. The Kier molecular flexibility index (Phi) is 4.89. The number of hydrogen-bond acceptors (Lipinski definition) is 6. The van der Waals surface area contributed by atoms with Gasteiger partial charge in [0, 0.05) is 0 Å². The summed E-state index contributed by atoms with van der Waals surface area (Å²) in [5.41, 5.74) is 7.66. The van der Waals surface area contributed by atoms with Gasteiger partial charge < -0.3 is 20.2 Å². The van der Waals surface area contributed by atoms with Gasteiger partial charge >= 0.3 is 0 Å².